The molecule has 2 aromatic rings. The predicted octanol–water partition coefficient (Wildman–Crippen LogP) is 4.26. The van der Waals surface area contributed by atoms with Crippen LogP contribution in [-0.2, 0) is 11.3 Å². The van der Waals surface area contributed by atoms with Crippen LogP contribution in [0.1, 0.15) is 72.2 Å². The quantitative estimate of drug-likeness (QED) is 0.426. The molecule has 2 aromatic carbocycles. The first-order valence-electron chi connectivity index (χ1n) is 14.2. The van der Waals surface area contributed by atoms with Gasteiger partial charge in [0.1, 0.15) is 11.9 Å². The van der Waals surface area contributed by atoms with Crippen molar-refractivity contribution in [3.63, 3.8) is 0 Å². The Kier molecular flexibility index (Phi) is 9.81. The molecule has 1 heterocycles. The number of nitrogens with zero attached hydrogens (tertiary/aromatic N) is 2. The number of hydrogen-bond donors (Lipinski definition) is 3. The van der Waals surface area contributed by atoms with Crippen LogP contribution in [0.15, 0.2) is 42.5 Å². The van der Waals surface area contributed by atoms with Crippen LogP contribution in [0.2, 0.25) is 0 Å². The van der Waals surface area contributed by atoms with Crippen molar-refractivity contribution >= 4 is 23.5 Å². The standard InChI is InChI=1S/C31H41N3O6/c1-20-16-34(21(2)19-35)30(37)26-15-25(32-29(36)23-7-5-4-6-8-23)13-14-27(26)40-28(20)18-33(3)17-22-9-11-24(12-10-22)31(38)39/h9-15,20-21,23,28,35H,4-8,16-19H2,1-3H3,(H,32,36)(H,38,39)/t20-,21-,28+/m1/s1. The van der Waals surface area contributed by atoms with Gasteiger partial charge in [-0.1, -0.05) is 38.3 Å². The lowest BCUT2D eigenvalue weighted by molar-refractivity contribution is -0.120. The fourth-order valence-corrected chi connectivity index (χ4v) is 5.56. The van der Waals surface area contributed by atoms with Gasteiger partial charge in [-0.25, -0.2) is 4.79 Å². The van der Waals surface area contributed by atoms with Gasteiger partial charge in [-0.3, -0.25) is 14.5 Å². The zero-order valence-electron chi connectivity index (χ0n) is 23.6. The Morgan fingerprint density at radius 1 is 1.12 bits per heavy atom. The molecule has 1 fully saturated rings. The Morgan fingerprint density at radius 3 is 2.48 bits per heavy atom. The van der Waals surface area contributed by atoms with E-state index >= 15 is 0 Å². The van der Waals surface area contributed by atoms with Crippen molar-refractivity contribution in [3.05, 3.63) is 59.2 Å². The van der Waals surface area contributed by atoms with E-state index in [9.17, 15) is 19.5 Å². The number of carbonyl (C=O) groups is 3. The highest BCUT2D eigenvalue weighted by molar-refractivity contribution is 6.00. The van der Waals surface area contributed by atoms with E-state index in [0.29, 0.717) is 36.6 Å². The molecule has 3 N–H and O–H groups in total. The molecule has 2 amide bonds. The molecule has 0 radical (unpaired) electrons. The number of hydrogen-bond acceptors (Lipinski definition) is 6. The number of nitrogens with one attached hydrogen (secondary N) is 1. The average molecular weight is 552 g/mol. The topological polar surface area (TPSA) is 119 Å². The molecule has 0 unspecified atom stereocenters. The number of aromatic carboxylic acids is 1. The molecular weight excluding hydrogens is 510 g/mol. The van der Waals surface area contributed by atoms with E-state index in [-0.39, 0.29) is 48.0 Å². The van der Waals surface area contributed by atoms with Crippen molar-refractivity contribution in [3.8, 4) is 5.75 Å². The Hall–Kier alpha value is -3.43. The van der Waals surface area contributed by atoms with Gasteiger partial charge in [0.25, 0.3) is 5.91 Å². The van der Waals surface area contributed by atoms with Crippen molar-refractivity contribution in [2.24, 2.45) is 11.8 Å². The molecule has 1 saturated carbocycles. The van der Waals surface area contributed by atoms with Crippen molar-refractivity contribution < 1.29 is 29.3 Å². The highest BCUT2D eigenvalue weighted by atomic mass is 16.5. The molecule has 0 aromatic heterocycles. The highest BCUT2D eigenvalue weighted by Crippen LogP contribution is 2.32. The number of benzene rings is 2. The van der Waals surface area contributed by atoms with Crippen molar-refractivity contribution in [2.75, 3.05) is 32.1 Å². The van der Waals surface area contributed by atoms with Crippen LogP contribution in [0.3, 0.4) is 0 Å². The summed E-state index contributed by atoms with van der Waals surface area (Å²) in [4.78, 5) is 41.5. The van der Waals surface area contributed by atoms with Crippen molar-refractivity contribution in [2.45, 2.75) is 64.6 Å². The first-order valence-corrected chi connectivity index (χ1v) is 14.2. The lowest BCUT2D eigenvalue weighted by atomic mass is 9.88. The fraction of sp³-hybridized carbons (Fsp3) is 0.516. The Balaban J connectivity index is 1.54. The SMILES string of the molecule is C[C@@H]1CN([C@H](C)CO)C(=O)c2cc(NC(=O)C3CCCCC3)ccc2O[C@H]1CN(C)Cc1ccc(C(=O)O)cc1. The fourth-order valence-electron chi connectivity index (χ4n) is 5.56. The molecule has 9 nitrogen and oxygen atoms in total. The number of carboxylic acids is 1. The van der Waals surface area contributed by atoms with Crippen LogP contribution in [0.25, 0.3) is 0 Å². The number of rotatable bonds is 9. The van der Waals surface area contributed by atoms with Gasteiger partial charge in [0.15, 0.2) is 0 Å². The monoisotopic (exact) mass is 551 g/mol. The van der Waals surface area contributed by atoms with E-state index in [4.69, 9.17) is 9.84 Å². The molecule has 1 aliphatic heterocycles. The van der Waals surface area contributed by atoms with Gasteiger partial charge in [0.05, 0.1) is 23.8 Å². The third kappa shape index (κ3) is 7.20. The zero-order valence-corrected chi connectivity index (χ0v) is 23.6. The summed E-state index contributed by atoms with van der Waals surface area (Å²) in [6, 6.07) is 11.7. The van der Waals surface area contributed by atoms with Crippen LogP contribution < -0.4 is 10.1 Å². The Bertz CT molecular complexity index is 1190. The largest absolute Gasteiger partial charge is 0.488 e. The first kappa shape index (κ1) is 29.6. The number of aliphatic hydroxyl groups excluding tert-OH is 1. The lowest BCUT2D eigenvalue weighted by Gasteiger charge is -2.38. The number of amides is 2. The maximum absolute atomic E-state index is 13.7. The number of carbonyl (C=O) groups excluding carboxylic acids is 2. The summed E-state index contributed by atoms with van der Waals surface area (Å²) in [5, 5.41) is 22.1. The summed E-state index contributed by atoms with van der Waals surface area (Å²) in [6.07, 6.45) is 4.80. The molecule has 40 heavy (non-hydrogen) atoms. The summed E-state index contributed by atoms with van der Waals surface area (Å²) < 4.78 is 6.47. The molecule has 4 rings (SSSR count). The van der Waals surface area contributed by atoms with Gasteiger partial charge in [-0.15, -0.1) is 0 Å². The van der Waals surface area contributed by atoms with Gasteiger partial charge in [0.2, 0.25) is 5.91 Å². The smallest absolute Gasteiger partial charge is 0.335 e. The highest BCUT2D eigenvalue weighted by Gasteiger charge is 2.34. The maximum Gasteiger partial charge on any atom is 0.335 e. The van der Waals surface area contributed by atoms with Gasteiger partial charge >= 0.3 is 5.97 Å². The van der Waals surface area contributed by atoms with E-state index in [1.165, 1.54) is 6.42 Å². The number of anilines is 1. The predicted molar refractivity (Wildman–Crippen MR) is 153 cm³/mol. The maximum atomic E-state index is 13.7. The molecular formula is C31H41N3O6. The molecule has 1 aliphatic carbocycles. The zero-order chi connectivity index (χ0) is 28.8. The van der Waals surface area contributed by atoms with Gasteiger partial charge in [0, 0.05) is 37.2 Å². The minimum atomic E-state index is -0.955. The molecule has 0 saturated heterocycles. The van der Waals surface area contributed by atoms with Crippen LogP contribution in [-0.4, -0.2) is 76.7 Å². The Labute approximate surface area is 236 Å². The summed E-state index contributed by atoms with van der Waals surface area (Å²) >= 11 is 0. The summed E-state index contributed by atoms with van der Waals surface area (Å²) in [5.74, 6) is -0.787. The van der Waals surface area contributed by atoms with E-state index in [0.717, 1.165) is 31.2 Å². The number of aliphatic hydroxyl groups is 1. The van der Waals surface area contributed by atoms with Crippen molar-refractivity contribution in [1.82, 2.24) is 9.80 Å². The third-order valence-electron chi connectivity index (χ3n) is 8.05. The normalized spacial score (nSPS) is 20.7. The minimum absolute atomic E-state index is 0.00489. The van der Waals surface area contributed by atoms with Crippen LogP contribution in [0, 0.1) is 11.8 Å². The minimum Gasteiger partial charge on any atom is -0.488 e. The van der Waals surface area contributed by atoms with Crippen molar-refractivity contribution in [1.29, 1.82) is 0 Å². The molecule has 0 spiro atoms. The molecule has 0 bridgehead atoms. The Morgan fingerprint density at radius 2 is 1.82 bits per heavy atom. The number of ether oxygens (including phenoxy) is 1. The average Bonchev–Trinajstić information content (AvgIpc) is 2.95. The number of carboxylic acid groups (broad SMARTS) is 1. The molecule has 216 valence electrons. The molecule has 9 heteroatoms. The first-order chi connectivity index (χ1) is 19.2. The number of likely N-dealkylation sites (N-methyl/N-ethyl adjacent to an activating group) is 1. The second-order valence-corrected chi connectivity index (χ2v) is 11.4. The summed E-state index contributed by atoms with van der Waals surface area (Å²) in [6.45, 7) is 5.27. The second-order valence-electron chi connectivity index (χ2n) is 11.4. The second kappa shape index (κ2) is 13.3. The summed E-state index contributed by atoms with van der Waals surface area (Å²) in [5.41, 5.74) is 2.16. The van der Waals surface area contributed by atoms with Crippen LogP contribution in [0.5, 0.6) is 5.75 Å². The third-order valence-corrected chi connectivity index (χ3v) is 8.05. The van der Waals surface area contributed by atoms with E-state index in [1.807, 2.05) is 33.0 Å². The lowest BCUT2D eigenvalue weighted by Crippen LogP contribution is -2.49. The van der Waals surface area contributed by atoms with Gasteiger partial charge < -0.3 is 25.2 Å². The summed E-state index contributed by atoms with van der Waals surface area (Å²) in [7, 11) is 1.98. The number of fused-ring (bicyclic) bond motifs is 1. The molecule has 2 aliphatic rings. The van der Waals surface area contributed by atoms with E-state index < -0.39 is 5.97 Å². The van der Waals surface area contributed by atoms with Crippen LogP contribution in [0.4, 0.5) is 5.69 Å². The van der Waals surface area contributed by atoms with Gasteiger partial charge in [-0.05, 0) is 62.7 Å². The van der Waals surface area contributed by atoms with E-state index in [2.05, 4.69) is 10.2 Å². The molecule has 3 atom stereocenters. The van der Waals surface area contributed by atoms with E-state index in [1.54, 1.807) is 35.2 Å². The van der Waals surface area contributed by atoms with Gasteiger partial charge in [-0.2, -0.15) is 0 Å². The van der Waals surface area contributed by atoms with Crippen LogP contribution >= 0.6 is 0 Å².